The van der Waals surface area contributed by atoms with Gasteiger partial charge >= 0.3 is 0 Å². The van der Waals surface area contributed by atoms with Crippen LogP contribution in [0.25, 0.3) is 0 Å². The van der Waals surface area contributed by atoms with Crippen molar-refractivity contribution in [1.82, 2.24) is 10.2 Å². The summed E-state index contributed by atoms with van der Waals surface area (Å²) in [5.74, 6) is 1.06. The predicted molar refractivity (Wildman–Crippen MR) is 106 cm³/mol. The van der Waals surface area contributed by atoms with E-state index < -0.39 is 0 Å². The molecule has 0 atom stereocenters. The fourth-order valence-electron chi connectivity index (χ4n) is 2.67. The van der Waals surface area contributed by atoms with Crippen LogP contribution in [0.3, 0.4) is 0 Å². The topological polar surface area (TPSA) is 54.0 Å². The first-order valence-corrected chi connectivity index (χ1v) is 8.20. The highest BCUT2D eigenvalue weighted by Gasteiger charge is 2.22. The van der Waals surface area contributed by atoms with Gasteiger partial charge in [-0.15, -0.1) is 24.8 Å². The predicted octanol–water partition coefficient (Wildman–Crippen LogP) is 1.81. The van der Waals surface area contributed by atoms with Gasteiger partial charge in [-0.2, -0.15) is 0 Å². The van der Waals surface area contributed by atoms with Crippen LogP contribution in [0.4, 0.5) is 5.69 Å². The van der Waals surface area contributed by atoms with E-state index in [4.69, 9.17) is 9.47 Å². The van der Waals surface area contributed by atoms with E-state index in [9.17, 15) is 4.79 Å². The molecule has 1 heterocycles. The van der Waals surface area contributed by atoms with Crippen LogP contribution in [0.2, 0.25) is 0 Å². The second-order valence-electron chi connectivity index (χ2n) is 5.44. The first kappa shape index (κ1) is 23.8. The smallest absolute Gasteiger partial charge is 0.236 e. The lowest BCUT2D eigenvalue weighted by Gasteiger charge is -2.36. The molecule has 1 aromatic carbocycles. The number of rotatable bonds is 8. The molecule has 1 fully saturated rings. The molecule has 1 N–H and O–H groups in total. The first-order chi connectivity index (χ1) is 11.3. The van der Waals surface area contributed by atoms with Crippen molar-refractivity contribution in [2.24, 2.45) is 0 Å². The highest BCUT2D eigenvalue weighted by molar-refractivity contribution is 5.85. The van der Waals surface area contributed by atoms with Crippen molar-refractivity contribution in [3.63, 3.8) is 0 Å². The molecule has 1 saturated heterocycles. The number of benzene rings is 1. The average Bonchev–Trinajstić information content (AvgIpc) is 2.59. The molecular formula is C17H29Cl2N3O3. The van der Waals surface area contributed by atoms with Gasteiger partial charge in [-0.25, -0.2) is 0 Å². The minimum Gasteiger partial charge on any atom is -0.492 e. The second-order valence-corrected chi connectivity index (χ2v) is 5.44. The van der Waals surface area contributed by atoms with Crippen molar-refractivity contribution in [3.05, 3.63) is 24.3 Å². The molecule has 0 bridgehead atoms. The van der Waals surface area contributed by atoms with Crippen LogP contribution in [0.5, 0.6) is 5.75 Å². The fourth-order valence-corrected chi connectivity index (χ4v) is 2.67. The molecule has 1 aromatic rings. The van der Waals surface area contributed by atoms with Crippen LogP contribution >= 0.6 is 24.8 Å². The van der Waals surface area contributed by atoms with Gasteiger partial charge in [-0.05, 0) is 19.1 Å². The van der Waals surface area contributed by atoms with Gasteiger partial charge in [0.1, 0.15) is 5.75 Å². The van der Waals surface area contributed by atoms with Gasteiger partial charge in [-0.3, -0.25) is 4.79 Å². The summed E-state index contributed by atoms with van der Waals surface area (Å²) < 4.78 is 10.7. The van der Waals surface area contributed by atoms with Crippen molar-refractivity contribution >= 4 is 36.4 Å². The highest BCUT2D eigenvalue weighted by Crippen LogP contribution is 2.28. The molecular weight excluding hydrogens is 365 g/mol. The van der Waals surface area contributed by atoms with Crippen molar-refractivity contribution in [3.8, 4) is 5.75 Å². The lowest BCUT2D eigenvalue weighted by Crippen LogP contribution is -2.51. The summed E-state index contributed by atoms with van der Waals surface area (Å²) in [6.07, 6.45) is 0. The molecule has 0 unspecified atom stereocenters. The quantitative estimate of drug-likeness (QED) is 0.682. The van der Waals surface area contributed by atoms with Gasteiger partial charge in [0.25, 0.3) is 0 Å². The molecule has 0 spiro atoms. The van der Waals surface area contributed by atoms with Gasteiger partial charge < -0.3 is 24.6 Å². The molecule has 8 heteroatoms. The molecule has 25 heavy (non-hydrogen) atoms. The van der Waals surface area contributed by atoms with E-state index in [1.54, 1.807) is 7.11 Å². The molecule has 1 amide bonds. The van der Waals surface area contributed by atoms with Crippen molar-refractivity contribution in [1.29, 1.82) is 0 Å². The van der Waals surface area contributed by atoms with E-state index >= 15 is 0 Å². The standard InChI is InChI=1S/C17H27N3O3.2ClH/c1-3-23-16-7-5-4-6-15(16)19-9-11-20(12-10-19)17(21)14-18-8-13-22-2;;/h4-7,18H,3,8-14H2,1-2H3;2*1H. The van der Waals surface area contributed by atoms with Crippen molar-refractivity contribution < 1.29 is 14.3 Å². The maximum Gasteiger partial charge on any atom is 0.236 e. The molecule has 0 saturated carbocycles. The number of nitrogens with one attached hydrogen (secondary N) is 1. The minimum absolute atomic E-state index is 0. The monoisotopic (exact) mass is 393 g/mol. The molecule has 0 radical (unpaired) electrons. The molecule has 6 nitrogen and oxygen atoms in total. The average molecular weight is 394 g/mol. The Labute approximate surface area is 162 Å². The van der Waals surface area contributed by atoms with Crippen LogP contribution in [-0.2, 0) is 9.53 Å². The molecule has 0 aliphatic carbocycles. The van der Waals surface area contributed by atoms with E-state index in [0.29, 0.717) is 26.3 Å². The number of hydrogen-bond donors (Lipinski definition) is 1. The van der Waals surface area contributed by atoms with E-state index in [-0.39, 0.29) is 30.7 Å². The van der Waals surface area contributed by atoms with Crippen LogP contribution in [-0.4, -0.2) is 70.4 Å². The van der Waals surface area contributed by atoms with Gasteiger partial charge in [-0.1, -0.05) is 12.1 Å². The third-order valence-electron chi connectivity index (χ3n) is 3.90. The Hall–Kier alpha value is -1.21. The van der Waals surface area contributed by atoms with E-state index in [1.165, 1.54) is 0 Å². The summed E-state index contributed by atoms with van der Waals surface area (Å²) in [6, 6.07) is 8.08. The maximum absolute atomic E-state index is 12.2. The lowest BCUT2D eigenvalue weighted by atomic mass is 10.2. The zero-order valence-corrected chi connectivity index (χ0v) is 16.5. The van der Waals surface area contributed by atoms with Crippen LogP contribution in [0.1, 0.15) is 6.92 Å². The van der Waals surface area contributed by atoms with E-state index in [2.05, 4.69) is 16.3 Å². The fraction of sp³-hybridized carbons (Fsp3) is 0.588. The Bertz CT molecular complexity index is 498. The van der Waals surface area contributed by atoms with Gasteiger partial charge in [0, 0.05) is 39.8 Å². The number of hydrogen-bond acceptors (Lipinski definition) is 5. The normalized spacial score (nSPS) is 13.7. The lowest BCUT2D eigenvalue weighted by molar-refractivity contribution is -0.130. The summed E-state index contributed by atoms with van der Waals surface area (Å²) in [5, 5.41) is 3.10. The Balaban J connectivity index is 0.00000288. The maximum atomic E-state index is 12.2. The van der Waals surface area contributed by atoms with Gasteiger partial charge in [0.2, 0.25) is 5.91 Å². The summed E-state index contributed by atoms with van der Waals surface area (Å²) >= 11 is 0. The Morgan fingerprint density at radius 3 is 2.48 bits per heavy atom. The van der Waals surface area contributed by atoms with Crippen molar-refractivity contribution in [2.75, 3.05) is 64.5 Å². The zero-order valence-electron chi connectivity index (χ0n) is 14.9. The third kappa shape index (κ3) is 7.28. The van der Waals surface area contributed by atoms with E-state index in [1.807, 2.05) is 30.0 Å². The highest BCUT2D eigenvalue weighted by atomic mass is 35.5. The molecule has 1 aliphatic rings. The second kappa shape index (κ2) is 13.1. The summed E-state index contributed by atoms with van der Waals surface area (Å²) in [6.45, 7) is 7.48. The molecule has 144 valence electrons. The Morgan fingerprint density at radius 2 is 1.84 bits per heavy atom. The number of anilines is 1. The van der Waals surface area contributed by atoms with E-state index in [0.717, 1.165) is 37.6 Å². The number of piperazine rings is 1. The summed E-state index contributed by atoms with van der Waals surface area (Å²) in [4.78, 5) is 16.4. The molecule has 0 aromatic heterocycles. The van der Waals surface area contributed by atoms with Crippen LogP contribution in [0, 0.1) is 0 Å². The van der Waals surface area contributed by atoms with Crippen LogP contribution in [0.15, 0.2) is 24.3 Å². The van der Waals surface area contributed by atoms with Gasteiger partial charge in [0.15, 0.2) is 0 Å². The summed E-state index contributed by atoms with van der Waals surface area (Å²) in [5.41, 5.74) is 1.11. The molecule has 2 rings (SSSR count). The van der Waals surface area contributed by atoms with Gasteiger partial charge in [0.05, 0.1) is 25.4 Å². The number of nitrogens with zero attached hydrogens (tertiary/aromatic N) is 2. The number of amides is 1. The zero-order chi connectivity index (χ0) is 16.5. The Morgan fingerprint density at radius 1 is 1.16 bits per heavy atom. The number of carbonyl (C=O) groups excluding carboxylic acids is 1. The number of methoxy groups -OCH3 is 1. The number of para-hydroxylation sites is 2. The molecule has 1 aliphatic heterocycles. The van der Waals surface area contributed by atoms with Crippen molar-refractivity contribution in [2.45, 2.75) is 6.92 Å². The Kier molecular flexibility index (Phi) is 12.4. The number of halogens is 2. The first-order valence-electron chi connectivity index (χ1n) is 8.20. The summed E-state index contributed by atoms with van der Waals surface area (Å²) in [7, 11) is 1.66. The number of ether oxygens (including phenoxy) is 2. The SMILES string of the molecule is CCOc1ccccc1N1CCN(C(=O)CNCCOC)CC1.Cl.Cl. The largest absolute Gasteiger partial charge is 0.492 e. The van der Waals surface area contributed by atoms with Crippen LogP contribution < -0.4 is 15.0 Å². The minimum atomic E-state index is 0. The number of carbonyl (C=O) groups is 1. The third-order valence-corrected chi connectivity index (χ3v) is 3.90.